The molecule has 0 unspecified atom stereocenters. The standard InChI is InChI=1S/C15H29N5O/c1-7-16-12-9-13(17-11-15(3,4)20(5)6)19-14(18-12)10-21-8-2/h9H,7-8,10-11H2,1-6H3,(H2,16,17,18,19). The average molecular weight is 295 g/mol. The third kappa shape index (κ3) is 5.85. The molecule has 0 aliphatic rings. The fourth-order valence-corrected chi connectivity index (χ4v) is 1.58. The van der Waals surface area contributed by atoms with E-state index in [9.17, 15) is 0 Å². The molecule has 0 bridgehead atoms. The molecule has 0 radical (unpaired) electrons. The van der Waals surface area contributed by atoms with Gasteiger partial charge in [0.15, 0.2) is 5.82 Å². The van der Waals surface area contributed by atoms with E-state index < -0.39 is 0 Å². The van der Waals surface area contributed by atoms with Gasteiger partial charge in [-0.3, -0.25) is 0 Å². The summed E-state index contributed by atoms with van der Waals surface area (Å²) in [6, 6.07) is 1.94. The van der Waals surface area contributed by atoms with Gasteiger partial charge in [0.2, 0.25) is 0 Å². The molecule has 1 rings (SSSR count). The Morgan fingerprint density at radius 1 is 1.14 bits per heavy atom. The summed E-state index contributed by atoms with van der Waals surface area (Å²) >= 11 is 0. The summed E-state index contributed by atoms with van der Waals surface area (Å²) in [7, 11) is 4.15. The van der Waals surface area contributed by atoms with Gasteiger partial charge in [-0.15, -0.1) is 0 Å². The second kappa shape index (κ2) is 8.14. The summed E-state index contributed by atoms with van der Waals surface area (Å²) in [6.07, 6.45) is 0. The lowest BCUT2D eigenvalue weighted by atomic mass is 10.0. The Hall–Kier alpha value is -1.40. The maximum Gasteiger partial charge on any atom is 0.158 e. The van der Waals surface area contributed by atoms with Crippen LogP contribution in [-0.2, 0) is 11.3 Å². The second-order valence-corrected chi connectivity index (χ2v) is 5.78. The lowest BCUT2D eigenvalue weighted by Crippen LogP contribution is -2.44. The van der Waals surface area contributed by atoms with Crippen molar-refractivity contribution in [2.24, 2.45) is 0 Å². The first-order valence-corrected chi connectivity index (χ1v) is 7.50. The van der Waals surface area contributed by atoms with Crippen LogP contribution >= 0.6 is 0 Å². The number of aromatic nitrogens is 2. The Labute approximate surface area is 128 Å². The van der Waals surface area contributed by atoms with E-state index in [-0.39, 0.29) is 5.54 Å². The molecule has 0 aliphatic carbocycles. The van der Waals surface area contributed by atoms with Crippen LogP contribution in [0, 0.1) is 0 Å². The number of ether oxygens (including phenoxy) is 1. The molecule has 1 aromatic heterocycles. The van der Waals surface area contributed by atoms with Crippen LogP contribution in [0.4, 0.5) is 11.6 Å². The van der Waals surface area contributed by atoms with Gasteiger partial charge in [0.25, 0.3) is 0 Å². The van der Waals surface area contributed by atoms with Crippen LogP contribution in [-0.4, -0.2) is 54.2 Å². The quantitative estimate of drug-likeness (QED) is 0.728. The largest absolute Gasteiger partial charge is 0.374 e. The summed E-state index contributed by atoms with van der Waals surface area (Å²) in [5.74, 6) is 2.35. The van der Waals surface area contributed by atoms with E-state index in [1.54, 1.807) is 0 Å². The lowest BCUT2D eigenvalue weighted by Gasteiger charge is -2.32. The minimum Gasteiger partial charge on any atom is -0.374 e. The highest BCUT2D eigenvalue weighted by molar-refractivity contribution is 5.47. The van der Waals surface area contributed by atoms with Crippen molar-refractivity contribution >= 4 is 11.6 Å². The van der Waals surface area contributed by atoms with E-state index in [0.29, 0.717) is 19.0 Å². The number of hydrogen-bond donors (Lipinski definition) is 2. The zero-order valence-electron chi connectivity index (χ0n) is 14.2. The second-order valence-electron chi connectivity index (χ2n) is 5.78. The first-order chi connectivity index (χ1) is 9.89. The molecule has 6 nitrogen and oxygen atoms in total. The van der Waals surface area contributed by atoms with E-state index in [1.807, 2.05) is 19.9 Å². The highest BCUT2D eigenvalue weighted by atomic mass is 16.5. The number of likely N-dealkylation sites (N-methyl/N-ethyl adjacent to an activating group) is 1. The van der Waals surface area contributed by atoms with Gasteiger partial charge in [-0.1, -0.05) is 0 Å². The van der Waals surface area contributed by atoms with Crippen molar-refractivity contribution < 1.29 is 4.74 Å². The molecule has 1 heterocycles. The third-order valence-electron chi connectivity index (χ3n) is 3.48. The number of hydrogen-bond acceptors (Lipinski definition) is 6. The maximum atomic E-state index is 5.40. The smallest absolute Gasteiger partial charge is 0.158 e. The van der Waals surface area contributed by atoms with Gasteiger partial charge in [-0.2, -0.15) is 0 Å². The van der Waals surface area contributed by atoms with Crippen LogP contribution in [0.1, 0.15) is 33.5 Å². The maximum absolute atomic E-state index is 5.40. The molecule has 0 saturated carbocycles. The summed E-state index contributed by atoms with van der Waals surface area (Å²) in [5.41, 5.74) is 0.0450. The average Bonchev–Trinajstić information content (AvgIpc) is 2.43. The monoisotopic (exact) mass is 295 g/mol. The molecular formula is C15H29N5O. The Bertz CT molecular complexity index is 434. The number of rotatable bonds is 9. The van der Waals surface area contributed by atoms with Gasteiger partial charge < -0.3 is 20.3 Å². The Kier molecular flexibility index (Phi) is 6.84. The Morgan fingerprint density at radius 3 is 2.29 bits per heavy atom. The lowest BCUT2D eigenvalue weighted by molar-refractivity contribution is 0.128. The van der Waals surface area contributed by atoms with Crippen molar-refractivity contribution in [2.75, 3.05) is 44.4 Å². The number of anilines is 2. The minimum atomic E-state index is 0.0450. The predicted octanol–water partition coefficient (Wildman–Crippen LogP) is 2.20. The predicted molar refractivity (Wildman–Crippen MR) is 87.8 cm³/mol. The Balaban J connectivity index is 2.82. The van der Waals surface area contributed by atoms with E-state index in [1.165, 1.54) is 0 Å². The van der Waals surface area contributed by atoms with E-state index in [4.69, 9.17) is 4.74 Å². The van der Waals surface area contributed by atoms with Gasteiger partial charge >= 0.3 is 0 Å². The molecule has 1 aromatic rings. The molecule has 0 aliphatic heterocycles. The third-order valence-corrected chi connectivity index (χ3v) is 3.48. The topological polar surface area (TPSA) is 62.3 Å². The Morgan fingerprint density at radius 2 is 1.76 bits per heavy atom. The van der Waals surface area contributed by atoms with Crippen molar-refractivity contribution in [2.45, 2.75) is 39.8 Å². The molecule has 0 fully saturated rings. The van der Waals surface area contributed by atoms with Crippen LogP contribution in [0.25, 0.3) is 0 Å². The molecule has 2 N–H and O–H groups in total. The fraction of sp³-hybridized carbons (Fsp3) is 0.733. The zero-order chi connectivity index (χ0) is 15.9. The number of nitrogens with one attached hydrogen (secondary N) is 2. The molecular weight excluding hydrogens is 266 g/mol. The van der Waals surface area contributed by atoms with Crippen molar-refractivity contribution in [1.82, 2.24) is 14.9 Å². The molecule has 120 valence electrons. The number of nitrogens with zero attached hydrogens (tertiary/aromatic N) is 3. The molecule has 0 atom stereocenters. The summed E-state index contributed by atoms with van der Waals surface area (Å²) in [5, 5.41) is 6.62. The van der Waals surface area contributed by atoms with Gasteiger partial charge in [0.1, 0.15) is 18.2 Å². The van der Waals surface area contributed by atoms with Gasteiger partial charge in [0.05, 0.1) is 0 Å². The van der Waals surface area contributed by atoms with Crippen LogP contribution < -0.4 is 10.6 Å². The molecule has 0 saturated heterocycles. The molecule has 0 amide bonds. The van der Waals surface area contributed by atoms with Crippen LogP contribution in [0.2, 0.25) is 0 Å². The van der Waals surface area contributed by atoms with Gasteiger partial charge in [0, 0.05) is 31.3 Å². The molecule has 0 spiro atoms. The SMILES string of the molecule is CCNc1cc(NCC(C)(C)N(C)C)nc(COCC)n1. The van der Waals surface area contributed by atoms with Crippen LogP contribution in [0.3, 0.4) is 0 Å². The van der Waals surface area contributed by atoms with Crippen molar-refractivity contribution in [3.63, 3.8) is 0 Å². The first kappa shape index (κ1) is 17.7. The zero-order valence-corrected chi connectivity index (χ0v) is 14.2. The molecule has 6 heteroatoms. The highest BCUT2D eigenvalue weighted by Crippen LogP contribution is 2.15. The van der Waals surface area contributed by atoms with E-state index in [0.717, 1.165) is 24.7 Å². The summed E-state index contributed by atoms with van der Waals surface area (Å²) in [6.45, 7) is 11.1. The normalized spacial score (nSPS) is 11.8. The first-order valence-electron chi connectivity index (χ1n) is 7.50. The highest BCUT2D eigenvalue weighted by Gasteiger charge is 2.20. The molecule has 21 heavy (non-hydrogen) atoms. The van der Waals surface area contributed by atoms with Crippen molar-refractivity contribution in [1.29, 1.82) is 0 Å². The fourth-order valence-electron chi connectivity index (χ4n) is 1.58. The van der Waals surface area contributed by atoms with Gasteiger partial charge in [-0.25, -0.2) is 9.97 Å². The van der Waals surface area contributed by atoms with Gasteiger partial charge in [-0.05, 0) is 41.8 Å². The van der Waals surface area contributed by atoms with E-state index >= 15 is 0 Å². The van der Waals surface area contributed by atoms with Crippen molar-refractivity contribution in [3.05, 3.63) is 11.9 Å². The minimum absolute atomic E-state index is 0.0450. The van der Waals surface area contributed by atoms with Crippen LogP contribution in [0.15, 0.2) is 6.07 Å². The molecule has 0 aromatic carbocycles. The summed E-state index contributed by atoms with van der Waals surface area (Å²) < 4.78 is 5.40. The van der Waals surface area contributed by atoms with E-state index in [2.05, 4.69) is 53.4 Å². The van der Waals surface area contributed by atoms with Crippen molar-refractivity contribution in [3.8, 4) is 0 Å². The van der Waals surface area contributed by atoms with Crippen LogP contribution in [0.5, 0.6) is 0 Å². The summed E-state index contributed by atoms with van der Waals surface area (Å²) in [4.78, 5) is 11.1.